The van der Waals surface area contributed by atoms with E-state index in [0.29, 0.717) is 32.1 Å². The van der Waals surface area contributed by atoms with Gasteiger partial charge in [-0.3, -0.25) is 9.48 Å². The first kappa shape index (κ1) is 17.2. The number of ether oxygens (including phenoxy) is 1. The van der Waals surface area contributed by atoms with E-state index in [4.69, 9.17) is 4.74 Å². The lowest BCUT2D eigenvalue weighted by Gasteiger charge is -2.28. The Morgan fingerprint density at radius 1 is 1.28 bits per heavy atom. The third kappa shape index (κ3) is 5.15. The zero-order valence-corrected chi connectivity index (χ0v) is 14.3. The number of aromatic nitrogens is 4. The Kier molecular flexibility index (Phi) is 5.78. The maximum atomic E-state index is 11.8. The third-order valence-corrected chi connectivity index (χ3v) is 3.78. The van der Waals surface area contributed by atoms with Crippen molar-refractivity contribution in [2.75, 3.05) is 49.6 Å². The standard InChI is InChI=1S/C16H23N7O2/c1-13-20-14(11-15(21-13)22-7-9-25-10-8-22)17-4-5-18-16(24)12-23-6-2-3-19-23/h2-3,6,11H,4-5,7-10,12H2,1H3,(H,18,24)(H,17,20,21). The van der Waals surface area contributed by atoms with Gasteiger partial charge in [-0.2, -0.15) is 5.10 Å². The number of carbonyl (C=O) groups excluding carboxylic acids is 1. The first-order valence-corrected chi connectivity index (χ1v) is 8.37. The lowest BCUT2D eigenvalue weighted by molar-refractivity contribution is -0.121. The zero-order chi connectivity index (χ0) is 17.5. The van der Waals surface area contributed by atoms with Crippen LogP contribution in [0.2, 0.25) is 0 Å². The highest BCUT2D eigenvalue weighted by Gasteiger charge is 2.14. The molecule has 1 aliphatic rings. The fourth-order valence-electron chi connectivity index (χ4n) is 2.59. The van der Waals surface area contributed by atoms with E-state index in [-0.39, 0.29) is 12.5 Å². The zero-order valence-electron chi connectivity index (χ0n) is 14.3. The van der Waals surface area contributed by atoms with E-state index in [1.807, 2.05) is 13.0 Å². The molecule has 2 N–H and O–H groups in total. The summed E-state index contributed by atoms with van der Waals surface area (Å²) in [6, 6.07) is 3.72. The van der Waals surface area contributed by atoms with E-state index < -0.39 is 0 Å². The summed E-state index contributed by atoms with van der Waals surface area (Å²) in [5, 5.41) is 10.1. The Bertz CT molecular complexity index is 684. The van der Waals surface area contributed by atoms with E-state index >= 15 is 0 Å². The van der Waals surface area contributed by atoms with Crippen LogP contribution >= 0.6 is 0 Å². The van der Waals surface area contributed by atoms with Gasteiger partial charge in [0.05, 0.1) is 13.2 Å². The molecule has 9 nitrogen and oxygen atoms in total. The van der Waals surface area contributed by atoms with Crippen molar-refractivity contribution in [3.63, 3.8) is 0 Å². The highest BCUT2D eigenvalue weighted by Crippen LogP contribution is 2.16. The maximum absolute atomic E-state index is 11.8. The van der Waals surface area contributed by atoms with Gasteiger partial charge in [0, 0.05) is 44.6 Å². The number of morpholine rings is 1. The highest BCUT2D eigenvalue weighted by molar-refractivity contribution is 5.75. The molecule has 2 aromatic rings. The van der Waals surface area contributed by atoms with Crippen molar-refractivity contribution in [1.29, 1.82) is 0 Å². The van der Waals surface area contributed by atoms with Crippen molar-refractivity contribution >= 4 is 17.5 Å². The van der Waals surface area contributed by atoms with E-state index in [0.717, 1.165) is 24.7 Å². The lowest BCUT2D eigenvalue weighted by atomic mass is 10.4. The largest absolute Gasteiger partial charge is 0.378 e. The lowest BCUT2D eigenvalue weighted by Crippen LogP contribution is -2.37. The minimum atomic E-state index is -0.0710. The van der Waals surface area contributed by atoms with E-state index in [2.05, 4.69) is 30.6 Å². The summed E-state index contributed by atoms with van der Waals surface area (Å²) < 4.78 is 6.96. The molecule has 0 aliphatic carbocycles. The SMILES string of the molecule is Cc1nc(NCCNC(=O)Cn2cccn2)cc(N2CCOCC2)n1. The van der Waals surface area contributed by atoms with E-state index in [1.54, 1.807) is 23.1 Å². The molecule has 2 aromatic heterocycles. The fraction of sp³-hybridized carbons (Fsp3) is 0.500. The van der Waals surface area contributed by atoms with Gasteiger partial charge in [-0.1, -0.05) is 0 Å². The molecule has 0 spiro atoms. The number of rotatable bonds is 7. The molecule has 0 atom stereocenters. The van der Waals surface area contributed by atoms with Crippen LogP contribution in [0.25, 0.3) is 0 Å². The molecule has 3 heterocycles. The van der Waals surface area contributed by atoms with Gasteiger partial charge in [0.25, 0.3) is 0 Å². The molecule has 0 bridgehead atoms. The summed E-state index contributed by atoms with van der Waals surface area (Å²) in [4.78, 5) is 22.9. The Morgan fingerprint density at radius 2 is 2.12 bits per heavy atom. The number of hydrogen-bond donors (Lipinski definition) is 2. The highest BCUT2D eigenvalue weighted by atomic mass is 16.5. The van der Waals surface area contributed by atoms with Crippen LogP contribution in [-0.4, -0.2) is 65.0 Å². The van der Waals surface area contributed by atoms with Crippen LogP contribution in [-0.2, 0) is 16.1 Å². The summed E-state index contributed by atoms with van der Waals surface area (Å²) >= 11 is 0. The van der Waals surface area contributed by atoms with Crippen LogP contribution in [0.3, 0.4) is 0 Å². The molecule has 1 amide bonds. The van der Waals surface area contributed by atoms with Crippen LogP contribution < -0.4 is 15.5 Å². The molecular weight excluding hydrogens is 322 g/mol. The normalized spacial score (nSPS) is 14.4. The summed E-state index contributed by atoms with van der Waals surface area (Å²) in [5.74, 6) is 2.31. The molecule has 3 rings (SSSR count). The molecule has 1 saturated heterocycles. The Hall–Kier alpha value is -2.68. The average molecular weight is 345 g/mol. The second-order valence-corrected chi connectivity index (χ2v) is 5.74. The Labute approximate surface area is 146 Å². The summed E-state index contributed by atoms with van der Waals surface area (Å²) in [6.07, 6.45) is 3.41. The molecule has 9 heteroatoms. The Balaban J connectivity index is 1.46. The van der Waals surface area contributed by atoms with E-state index in [9.17, 15) is 4.79 Å². The minimum absolute atomic E-state index is 0.0710. The van der Waals surface area contributed by atoms with Crippen molar-refractivity contribution in [2.24, 2.45) is 0 Å². The second kappa shape index (κ2) is 8.43. The molecule has 134 valence electrons. The Morgan fingerprint density at radius 3 is 2.88 bits per heavy atom. The summed E-state index contributed by atoms with van der Waals surface area (Å²) in [6.45, 7) is 6.29. The summed E-state index contributed by atoms with van der Waals surface area (Å²) in [7, 11) is 0. The van der Waals surface area contributed by atoms with Crippen LogP contribution in [0, 0.1) is 6.92 Å². The topological polar surface area (TPSA) is 97.2 Å². The third-order valence-electron chi connectivity index (χ3n) is 3.78. The van der Waals surface area contributed by atoms with Crippen molar-refractivity contribution < 1.29 is 9.53 Å². The number of nitrogens with one attached hydrogen (secondary N) is 2. The van der Waals surface area contributed by atoms with E-state index in [1.165, 1.54) is 0 Å². The van der Waals surface area contributed by atoms with Gasteiger partial charge in [-0.05, 0) is 13.0 Å². The van der Waals surface area contributed by atoms with Gasteiger partial charge >= 0.3 is 0 Å². The number of carbonyl (C=O) groups is 1. The first-order valence-electron chi connectivity index (χ1n) is 8.37. The van der Waals surface area contributed by atoms with Crippen LogP contribution in [0.5, 0.6) is 0 Å². The summed E-state index contributed by atoms with van der Waals surface area (Å²) in [5.41, 5.74) is 0. The predicted molar refractivity (Wildman–Crippen MR) is 93.5 cm³/mol. The molecule has 0 unspecified atom stereocenters. The fourth-order valence-corrected chi connectivity index (χ4v) is 2.59. The quantitative estimate of drug-likeness (QED) is 0.684. The number of nitrogens with zero attached hydrogens (tertiary/aromatic N) is 5. The van der Waals surface area contributed by atoms with Gasteiger partial charge < -0.3 is 20.3 Å². The maximum Gasteiger partial charge on any atom is 0.241 e. The van der Waals surface area contributed by atoms with Gasteiger partial charge in [0.2, 0.25) is 5.91 Å². The van der Waals surface area contributed by atoms with Crippen LogP contribution in [0.15, 0.2) is 24.5 Å². The average Bonchev–Trinajstić information content (AvgIpc) is 3.12. The molecule has 0 saturated carbocycles. The molecule has 0 radical (unpaired) electrons. The van der Waals surface area contributed by atoms with Gasteiger partial charge in [0.15, 0.2) is 0 Å². The number of amides is 1. The molecule has 1 fully saturated rings. The van der Waals surface area contributed by atoms with Crippen molar-refractivity contribution in [3.05, 3.63) is 30.4 Å². The van der Waals surface area contributed by atoms with Crippen LogP contribution in [0.1, 0.15) is 5.82 Å². The van der Waals surface area contributed by atoms with Gasteiger partial charge in [0.1, 0.15) is 24.0 Å². The molecule has 0 aromatic carbocycles. The molecule has 1 aliphatic heterocycles. The smallest absolute Gasteiger partial charge is 0.241 e. The van der Waals surface area contributed by atoms with Gasteiger partial charge in [-0.25, -0.2) is 9.97 Å². The van der Waals surface area contributed by atoms with Crippen molar-refractivity contribution in [1.82, 2.24) is 25.1 Å². The number of anilines is 2. The predicted octanol–water partition coefficient (Wildman–Crippen LogP) is 0.0464. The number of aryl methyl sites for hydroxylation is 1. The minimum Gasteiger partial charge on any atom is -0.378 e. The second-order valence-electron chi connectivity index (χ2n) is 5.74. The first-order chi connectivity index (χ1) is 12.2. The molecule has 25 heavy (non-hydrogen) atoms. The van der Waals surface area contributed by atoms with Gasteiger partial charge in [-0.15, -0.1) is 0 Å². The van der Waals surface area contributed by atoms with Crippen molar-refractivity contribution in [3.8, 4) is 0 Å². The van der Waals surface area contributed by atoms with Crippen LogP contribution in [0.4, 0.5) is 11.6 Å². The molecular formula is C16H23N7O2. The number of hydrogen-bond acceptors (Lipinski definition) is 7. The monoisotopic (exact) mass is 345 g/mol. The van der Waals surface area contributed by atoms with Crippen molar-refractivity contribution in [2.45, 2.75) is 13.5 Å².